The Hall–Kier alpha value is 0. The maximum absolute atomic E-state index is 2.37. The van der Waals surface area contributed by atoms with Gasteiger partial charge in [0.1, 0.15) is 0 Å². The van der Waals surface area contributed by atoms with Crippen LogP contribution in [0.5, 0.6) is 0 Å². The third kappa shape index (κ3) is 25.6. The predicted octanol–water partition coefficient (Wildman–Crippen LogP) is 13.5. The Labute approximate surface area is 234 Å². The predicted molar refractivity (Wildman–Crippen MR) is 172 cm³/mol. The molecule has 0 saturated carbocycles. The van der Waals surface area contributed by atoms with Crippen molar-refractivity contribution in [1.29, 1.82) is 0 Å². The fourth-order valence-corrected chi connectivity index (χ4v) is 4.96. The van der Waals surface area contributed by atoms with Gasteiger partial charge >= 0.3 is 0 Å². The van der Waals surface area contributed by atoms with Gasteiger partial charge in [0.2, 0.25) is 0 Å². The molecule has 36 heavy (non-hydrogen) atoms. The van der Waals surface area contributed by atoms with Gasteiger partial charge in [-0.15, -0.1) is 0 Å². The normalized spacial score (nSPS) is 16.2. The lowest BCUT2D eigenvalue weighted by atomic mass is 9.70. The van der Waals surface area contributed by atoms with E-state index in [-0.39, 0.29) is 0 Å². The van der Waals surface area contributed by atoms with Gasteiger partial charge in [-0.25, -0.2) is 0 Å². The molecule has 0 bridgehead atoms. The Morgan fingerprint density at radius 2 is 0.722 bits per heavy atom. The van der Waals surface area contributed by atoms with Crippen LogP contribution < -0.4 is 0 Å². The molecule has 0 aromatic carbocycles. The van der Waals surface area contributed by atoms with Crippen LogP contribution in [0.15, 0.2) is 0 Å². The van der Waals surface area contributed by atoms with Crippen LogP contribution in [0.2, 0.25) is 0 Å². The van der Waals surface area contributed by atoms with Gasteiger partial charge in [0.25, 0.3) is 0 Å². The van der Waals surface area contributed by atoms with Crippen LogP contribution in [-0.4, -0.2) is 0 Å². The second kappa shape index (κ2) is 15.6. The van der Waals surface area contributed by atoms with E-state index in [2.05, 4.69) is 145 Å². The maximum Gasteiger partial charge on any atom is -0.0354 e. The Morgan fingerprint density at radius 1 is 0.417 bits per heavy atom. The molecule has 0 aliphatic carbocycles. The van der Waals surface area contributed by atoms with Gasteiger partial charge in [-0.05, 0) is 69.5 Å². The SMILES string of the molecule is CC(CC(C)(C)C)C(C)(C)C.CCC(CC(C)(C)C)C(C)(C)C.CCCC(CC(C)(C)C)C(C)(C)C. The molecular weight excluding hydrogens is 432 g/mol. The topological polar surface area (TPSA) is 0 Å². The molecule has 0 spiro atoms. The average molecular weight is 511 g/mol. The van der Waals surface area contributed by atoms with E-state index in [4.69, 9.17) is 0 Å². The highest BCUT2D eigenvalue weighted by Crippen LogP contribution is 2.39. The van der Waals surface area contributed by atoms with Gasteiger partial charge in [0.15, 0.2) is 0 Å². The zero-order valence-corrected chi connectivity index (χ0v) is 30.0. The Morgan fingerprint density at radius 3 is 0.861 bits per heavy atom. The van der Waals surface area contributed by atoms with Gasteiger partial charge < -0.3 is 0 Å². The number of rotatable bonds is 6. The van der Waals surface area contributed by atoms with Crippen LogP contribution in [0.1, 0.15) is 184 Å². The minimum Gasteiger partial charge on any atom is -0.0654 e. The van der Waals surface area contributed by atoms with E-state index in [9.17, 15) is 0 Å². The molecular formula is C36H78. The second-order valence-electron chi connectivity index (χ2n) is 18.9. The molecule has 0 fully saturated rings. The lowest BCUT2D eigenvalue weighted by molar-refractivity contribution is 0.154. The summed E-state index contributed by atoms with van der Waals surface area (Å²) in [5.41, 5.74) is 2.85. The molecule has 0 heteroatoms. The minimum absolute atomic E-state index is 0.466. The molecule has 3 atom stereocenters. The highest BCUT2D eigenvalue weighted by atomic mass is 14.3. The van der Waals surface area contributed by atoms with E-state index in [0.29, 0.717) is 32.5 Å². The van der Waals surface area contributed by atoms with Gasteiger partial charge in [-0.3, -0.25) is 0 Å². The average Bonchev–Trinajstić information content (AvgIpc) is 2.54. The number of hydrogen-bond acceptors (Lipinski definition) is 0. The lowest BCUT2D eigenvalue weighted by Gasteiger charge is -2.35. The van der Waals surface area contributed by atoms with Crippen molar-refractivity contribution in [2.24, 2.45) is 50.2 Å². The van der Waals surface area contributed by atoms with Crippen LogP contribution in [0.25, 0.3) is 0 Å². The van der Waals surface area contributed by atoms with E-state index in [0.717, 1.165) is 17.8 Å². The monoisotopic (exact) mass is 511 g/mol. The van der Waals surface area contributed by atoms with E-state index < -0.39 is 0 Å². The molecule has 0 rings (SSSR count). The van der Waals surface area contributed by atoms with Crippen LogP contribution in [0.4, 0.5) is 0 Å². The van der Waals surface area contributed by atoms with Gasteiger partial charge in [0, 0.05) is 0 Å². The first-order valence-corrected chi connectivity index (χ1v) is 15.5. The van der Waals surface area contributed by atoms with Crippen molar-refractivity contribution >= 4 is 0 Å². The molecule has 0 aliphatic heterocycles. The molecule has 0 aromatic rings. The minimum atomic E-state index is 0.466. The van der Waals surface area contributed by atoms with Gasteiger partial charge in [-0.2, -0.15) is 0 Å². The molecule has 0 nitrogen and oxygen atoms in total. The highest BCUT2D eigenvalue weighted by Gasteiger charge is 2.28. The van der Waals surface area contributed by atoms with E-state index in [1.807, 2.05) is 0 Å². The Kier molecular flexibility index (Phi) is 17.5. The van der Waals surface area contributed by atoms with E-state index >= 15 is 0 Å². The van der Waals surface area contributed by atoms with Crippen molar-refractivity contribution in [3.8, 4) is 0 Å². The van der Waals surface area contributed by atoms with Crippen molar-refractivity contribution < 1.29 is 0 Å². The number of hydrogen-bond donors (Lipinski definition) is 0. The zero-order valence-electron chi connectivity index (χ0n) is 30.0. The smallest absolute Gasteiger partial charge is 0.0354 e. The summed E-state index contributed by atoms with van der Waals surface area (Å²) in [6.07, 6.45) is 8.01. The highest BCUT2D eigenvalue weighted by molar-refractivity contribution is 4.79. The standard InChI is InChI=1S/C13H28.C12H26.C11H24/c1-8-9-11(13(5,6)7)10-12(2,3)4;1-8-10(12(5,6)7)9-11(2,3)4;1-9(11(5,6)7)8-10(2,3)4/h11H,8-10H2,1-7H3;10H,8-9H2,1-7H3;9H,8H2,1-7H3. The summed E-state index contributed by atoms with van der Waals surface area (Å²) in [6, 6.07) is 0. The zero-order chi connectivity index (χ0) is 30.0. The summed E-state index contributed by atoms with van der Waals surface area (Å²) in [6.45, 7) is 49.1. The van der Waals surface area contributed by atoms with Crippen molar-refractivity contribution in [3.05, 3.63) is 0 Å². The van der Waals surface area contributed by atoms with E-state index in [1.54, 1.807) is 0 Å². The van der Waals surface area contributed by atoms with Crippen LogP contribution >= 0.6 is 0 Å². The summed E-state index contributed by atoms with van der Waals surface area (Å²) in [4.78, 5) is 0. The molecule has 0 N–H and O–H groups in total. The fourth-order valence-electron chi connectivity index (χ4n) is 4.96. The quantitative estimate of drug-likeness (QED) is 0.333. The van der Waals surface area contributed by atoms with Crippen LogP contribution in [0, 0.1) is 50.2 Å². The molecule has 0 heterocycles. The van der Waals surface area contributed by atoms with Gasteiger partial charge in [-0.1, -0.05) is 165 Å². The lowest BCUT2D eigenvalue weighted by Crippen LogP contribution is -2.25. The summed E-state index contributed by atoms with van der Waals surface area (Å²) < 4.78 is 0. The summed E-state index contributed by atoms with van der Waals surface area (Å²) in [7, 11) is 0. The molecule has 0 saturated heterocycles. The van der Waals surface area contributed by atoms with Crippen LogP contribution in [-0.2, 0) is 0 Å². The van der Waals surface area contributed by atoms with Crippen molar-refractivity contribution in [2.45, 2.75) is 184 Å². The Bertz CT molecular complexity index is 522. The first kappa shape index (κ1) is 40.5. The van der Waals surface area contributed by atoms with Crippen molar-refractivity contribution in [2.75, 3.05) is 0 Å². The van der Waals surface area contributed by atoms with Crippen LogP contribution in [0.3, 0.4) is 0 Å². The first-order valence-electron chi connectivity index (χ1n) is 15.5. The third-order valence-electron chi connectivity index (χ3n) is 7.69. The summed E-state index contributed by atoms with van der Waals surface area (Å²) in [5, 5.41) is 0. The summed E-state index contributed by atoms with van der Waals surface area (Å²) >= 11 is 0. The molecule has 222 valence electrons. The van der Waals surface area contributed by atoms with Gasteiger partial charge in [0.05, 0.1) is 0 Å². The first-order chi connectivity index (χ1) is 15.5. The van der Waals surface area contributed by atoms with E-state index in [1.165, 1.54) is 38.5 Å². The molecule has 0 aliphatic rings. The van der Waals surface area contributed by atoms with Crippen molar-refractivity contribution in [3.63, 3.8) is 0 Å². The largest absolute Gasteiger partial charge is 0.0654 e. The second-order valence-corrected chi connectivity index (χ2v) is 18.9. The van der Waals surface area contributed by atoms with Crippen molar-refractivity contribution in [1.82, 2.24) is 0 Å². The molecule has 3 unspecified atom stereocenters. The molecule has 0 radical (unpaired) electrons. The molecule has 0 aromatic heterocycles. The molecule has 0 amide bonds. The Balaban J connectivity index is -0.000000455. The third-order valence-corrected chi connectivity index (χ3v) is 7.69. The summed E-state index contributed by atoms with van der Waals surface area (Å²) in [5.74, 6) is 2.54. The fraction of sp³-hybridized carbons (Fsp3) is 1.00. The maximum atomic E-state index is 2.37.